The lowest BCUT2D eigenvalue weighted by Crippen LogP contribution is -2.08. The Morgan fingerprint density at radius 1 is 1.08 bits per heavy atom. The molecule has 4 rings (SSSR count). The van der Waals surface area contributed by atoms with E-state index in [0.29, 0.717) is 22.7 Å². The number of rotatable bonds is 6. The number of carbonyl (C=O) groups is 1. The number of methoxy groups -OCH3 is 1. The van der Waals surface area contributed by atoms with Crippen molar-refractivity contribution in [2.24, 2.45) is 0 Å². The van der Waals surface area contributed by atoms with E-state index in [1.165, 1.54) is 24.3 Å². The van der Waals surface area contributed by atoms with Crippen LogP contribution < -0.4 is 4.74 Å². The summed E-state index contributed by atoms with van der Waals surface area (Å²) in [7, 11) is 1.56. The number of alkyl halides is 3. The van der Waals surface area contributed by atoms with Crippen LogP contribution in [0.5, 0.6) is 5.75 Å². The molecule has 0 N–H and O–H groups in total. The molecular weight excluding hydrogens is 495 g/mol. The highest BCUT2D eigenvalue weighted by Crippen LogP contribution is 2.34. The summed E-state index contributed by atoms with van der Waals surface area (Å²) in [5, 5.41) is 3.98. The van der Waals surface area contributed by atoms with Gasteiger partial charge in [-0.15, -0.1) is 0 Å². The molecule has 0 aliphatic rings. The molecule has 2 aromatic heterocycles. The summed E-state index contributed by atoms with van der Waals surface area (Å²) in [6.07, 6.45) is -3.00. The molecule has 0 aliphatic carbocycles. The fraction of sp³-hybridized carbons (Fsp3) is 0.192. The number of carbonyl (C=O) groups excluding carboxylic acids is 1. The van der Waals surface area contributed by atoms with E-state index in [4.69, 9.17) is 21.1 Å². The van der Waals surface area contributed by atoms with E-state index in [0.717, 1.165) is 21.9 Å². The zero-order valence-corrected chi connectivity index (χ0v) is 20.3. The molecule has 0 aliphatic heterocycles. The first-order valence-electron chi connectivity index (χ1n) is 10.8. The van der Waals surface area contributed by atoms with Gasteiger partial charge >= 0.3 is 12.1 Å². The maximum atomic E-state index is 13.4. The topological polar surface area (TPSA) is 66.2 Å². The number of hydrogen-bond donors (Lipinski definition) is 0. The quantitative estimate of drug-likeness (QED) is 0.271. The highest BCUT2D eigenvalue weighted by atomic mass is 35.5. The first kappa shape index (κ1) is 25.2. The number of aromatic nitrogens is 3. The fourth-order valence-electron chi connectivity index (χ4n) is 3.74. The van der Waals surface area contributed by atoms with Gasteiger partial charge in [-0.2, -0.15) is 18.3 Å². The second-order valence-electron chi connectivity index (χ2n) is 7.98. The van der Waals surface area contributed by atoms with Gasteiger partial charge in [-0.3, -0.25) is 4.98 Å². The Labute approximate surface area is 210 Å². The largest absolute Gasteiger partial charge is 0.496 e. The summed E-state index contributed by atoms with van der Waals surface area (Å²) >= 11 is 6.22. The molecule has 4 aromatic rings. The summed E-state index contributed by atoms with van der Waals surface area (Å²) in [6.45, 7) is 3.64. The zero-order valence-electron chi connectivity index (χ0n) is 19.6. The lowest BCUT2D eigenvalue weighted by atomic mass is 10.1. The Bertz CT molecular complexity index is 1420. The molecule has 2 aromatic carbocycles. The third-order valence-electron chi connectivity index (χ3n) is 5.59. The van der Waals surface area contributed by atoms with Gasteiger partial charge < -0.3 is 9.47 Å². The Balaban J connectivity index is 1.59. The Kier molecular flexibility index (Phi) is 7.03. The normalized spacial score (nSPS) is 11.4. The van der Waals surface area contributed by atoms with Crippen molar-refractivity contribution >= 4 is 17.6 Å². The highest BCUT2D eigenvalue weighted by Gasteiger charge is 2.35. The molecule has 0 radical (unpaired) electrons. The molecule has 10 heteroatoms. The number of esters is 1. The number of benzene rings is 2. The molecule has 0 atom stereocenters. The van der Waals surface area contributed by atoms with Gasteiger partial charge in [-0.1, -0.05) is 35.9 Å². The number of ether oxygens (including phenoxy) is 2. The first-order chi connectivity index (χ1) is 17.1. The minimum atomic E-state index is -4.64. The van der Waals surface area contributed by atoms with Crippen molar-refractivity contribution in [1.29, 1.82) is 0 Å². The highest BCUT2D eigenvalue weighted by molar-refractivity contribution is 6.32. The lowest BCUT2D eigenvalue weighted by Gasteiger charge is -2.12. The molecule has 6 nitrogen and oxygen atoms in total. The van der Waals surface area contributed by atoms with Gasteiger partial charge in [0.05, 0.1) is 34.8 Å². The summed E-state index contributed by atoms with van der Waals surface area (Å²) in [6, 6.07) is 13.4. The van der Waals surface area contributed by atoms with Crippen LogP contribution in [0.1, 0.15) is 32.9 Å². The van der Waals surface area contributed by atoms with Crippen molar-refractivity contribution in [1.82, 2.24) is 14.8 Å². The van der Waals surface area contributed by atoms with Gasteiger partial charge in [0.15, 0.2) is 5.69 Å². The first-order valence-corrected chi connectivity index (χ1v) is 11.2. The zero-order chi connectivity index (χ0) is 26.0. The van der Waals surface area contributed by atoms with Gasteiger partial charge in [0.1, 0.15) is 12.4 Å². The van der Waals surface area contributed by atoms with E-state index >= 15 is 0 Å². The van der Waals surface area contributed by atoms with E-state index in [9.17, 15) is 18.0 Å². The van der Waals surface area contributed by atoms with Crippen LogP contribution in [0.3, 0.4) is 0 Å². The van der Waals surface area contributed by atoms with Crippen LogP contribution in [-0.2, 0) is 17.5 Å². The number of halogens is 4. The molecule has 0 fully saturated rings. The molecule has 0 bridgehead atoms. The smallest absolute Gasteiger partial charge is 0.435 e. The second-order valence-corrected chi connectivity index (χ2v) is 8.38. The fourth-order valence-corrected chi connectivity index (χ4v) is 3.96. The maximum absolute atomic E-state index is 13.4. The van der Waals surface area contributed by atoms with E-state index in [-0.39, 0.29) is 22.9 Å². The number of para-hydroxylation sites is 1. The average molecular weight is 516 g/mol. The summed E-state index contributed by atoms with van der Waals surface area (Å²) in [4.78, 5) is 16.9. The van der Waals surface area contributed by atoms with Crippen molar-refractivity contribution in [2.75, 3.05) is 7.11 Å². The van der Waals surface area contributed by atoms with Gasteiger partial charge in [0, 0.05) is 22.9 Å². The van der Waals surface area contributed by atoms with Crippen LogP contribution in [0, 0.1) is 13.8 Å². The molecule has 0 spiro atoms. The number of hydrogen-bond acceptors (Lipinski definition) is 5. The Morgan fingerprint density at radius 3 is 2.42 bits per heavy atom. The molecule has 0 saturated heterocycles. The van der Waals surface area contributed by atoms with Gasteiger partial charge in [0.25, 0.3) is 0 Å². The predicted octanol–water partition coefficient (Wildman–Crippen LogP) is 6.59. The molecule has 36 heavy (non-hydrogen) atoms. The predicted molar refractivity (Wildman–Crippen MR) is 128 cm³/mol. The average Bonchev–Trinajstić information content (AvgIpc) is 3.30. The van der Waals surface area contributed by atoms with Crippen molar-refractivity contribution in [2.45, 2.75) is 26.6 Å². The summed E-state index contributed by atoms with van der Waals surface area (Å²) in [5.41, 5.74) is 2.25. The molecule has 186 valence electrons. The molecule has 0 amide bonds. The van der Waals surface area contributed by atoms with E-state index < -0.39 is 17.8 Å². The maximum Gasteiger partial charge on any atom is 0.435 e. The van der Waals surface area contributed by atoms with Crippen LogP contribution in [0.15, 0.2) is 60.8 Å². The standard InChI is InChI=1S/C26H21ClF3N3O3/c1-15-13-31-20(16(2)24(15)35-3)14-36-25(34)18-10-8-17(9-11-18)22-12-23(26(28,29)30)32-33(22)21-7-5-4-6-19(21)27/h4-13H,14H2,1-3H3. The Hall–Kier alpha value is -3.85. The minimum absolute atomic E-state index is 0.0583. The van der Waals surface area contributed by atoms with Gasteiger partial charge in [-0.05, 0) is 44.2 Å². The van der Waals surface area contributed by atoms with Crippen LogP contribution in [0.4, 0.5) is 13.2 Å². The van der Waals surface area contributed by atoms with E-state index in [1.54, 1.807) is 37.6 Å². The van der Waals surface area contributed by atoms with Crippen molar-refractivity contribution in [3.8, 4) is 22.7 Å². The SMILES string of the molecule is COc1c(C)cnc(COC(=O)c2ccc(-c3cc(C(F)(F)F)nn3-c3ccccc3Cl)cc2)c1C. The van der Waals surface area contributed by atoms with Crippen LogP contribution in [0.2, 0.25) is 5.02 Å². The van der Waals surface area contributed by atoms with Crippen LogP contribution >= 0.6 is 11.6 Å². The second kappa shape index (κ2) is 10.0. The molecule has 2 heterocycles. The van der Waals surface area contributed by atoms with Crippen molar-refractivity contribution in [3.05, 3.63) is 93.9 Å². The van der Waals surface area contributed by atoms with Crippen molar-refractivity contribution < 1.29 is 27.4 Å². The van der Waals surface area contributed by atoms with Gasteiger partial charge in [0.2, 0.25) is 0 Å². The number of aryl methyl sites for hydroxylation is 1. The summed E-state index contributed by atoms with van der Waals surface area (Å²) < 4.78 is 52.2. The van der Waals surface area contributed by atoms with Crippen LogP contribution in [-0.4, -0.2) is 27.8 Å². The summed E-state index contributed by atoms with van der Waals surface area (Å²) in [5.74, 6) is 0.0756. The third-order valence-corrected chi connectivity index (χ3v) is 5.91. The monoisotopic (exact) mass is 515 g/mol. The number of pyridine rings is 1. The molecule has 0 unspecified atom stereocenters. The molecule has 0 saturated carbocycles. The minimum Gasteiger partial charge on any atom is -0.496 e. The molecular formula is C26H21ClF3N3O3. The van der Waals surface area contributed by atoms with E-state index in [1.807, 2.05) is 13.8 Å². The van der Waals surface area contributed by atoms with E-state index in [2.05, 4.69) is 10.1 Å². The number of nitrogens with zero attached hydrogens (tertiary/aromatic N) is 3. The Morgan fingerprint density at radius 2 is 1.78 bits per heavy atom. The van der Waals surface area contributed by atoms with Gasteiger partial charge in [-0.25, -0.2) is 9.48 Å². The van der Waals surface area contributed by atoms with Crippen molar-refractivity contribution in [3.63, 3.8) is 0 Å². The third kappa shape index (κ3) is 5.06. The van der Waals surface area contributed by atoms with Crippen LogP contribution in [0.25, 0.3) is 16.9 Å². The lowest BCUT2D eigenvalue weighted by molar-refractivity contribution is -0.141.